The van der Waals surface area contributed by atoms with Gasteiger partial charge in [0, 0.05) is 128 Å². The summed E-state index contributed by atoms with van der Waals surface area (Å²) < 4.78 is 21.1. The molecule has 34 nitrogen and oxygen atoms in total. The van der Waals surface area contributed by atoms with Crippen LogP contribution in [0.4, 0.5) is 16.4 Å². The second-order valence-corrected chi connectivity index (χ2v) is 34.7. The van der Waals surface area contributed by atoms with Gasteiger partial charge in [0.2, 0.25) is 53.2 Å². The number of carbonyl (C=O) groups is 12. The number of carbonyl (C=O) groups excluding carboxylic acids is 11. The number of piperidine rings is 2. The Hall–Kier alpha value is -13.6. The first kappa shape index (κ1) is 92.6. The number of anilines is 2. The number of nitrogens with zero attached hydrogens (tertiary/aromatic N) is 8. The third kappa shape index (κ3) is 23.1. The zero-order valence-corrected chi connectivity index (χ0v) is 73.6. The SMILES string of the molecule is COc1ccc(C#CCNC2(C)CCN(C3CCN(c4nc([C@@](COCNC(=O)CNC(=O)[C@H](Cc5ccccc5)NC(=O)CNC(=O)CNC(=O)CCN5C(=O)C(Sc6ccccc6)=C(Sc6ccccc6)C5=O)(OC5CC5)c5ccccc5)c5cc(-c6cn(C)c(=O)c7[nH]ccc67)ccc5n4)CC3)CC2)cc1N1CCC(=O)N(CNC(=O)[C@@H](CC(N)=O)CC(=O)O)C1=O. The van der Waals surface area contributed by atoms with Gasteiger partial charge in [-0.25, -0.2) is 19.7 Å². The molecule has 14 rings (SSSR count). The lowest BCUT2D eigenvalue weighted by molar-refractivity contribution is -0.142. The van der Waals surface area contributed by atoms with Crippen LogP contribution in [0.1, 0.15) is 93.5 Å². The number of aromatic nitrogens is 4. The van der Waals surface area contributed by atoms with Crippen molar-refractivity contribution in [2.75, 3.05) is 102 Å². The summed E-state index contributed by atoms with van der Waals surface area (Å²) in [6.07, 6.45) is 6.59. The number of carboxylic acid groups (broad SMARTS) is 1. The van der Waals surface area contributed by atoms with Crippen molar-refractivity contribution in [2.24, 2.45) is 18.7 Å². The van der Waals surface area contributed by atoms with Gasteiger partial charge >= 0.3 is 12.0 Å². The van der Waals surface area contributed by atoms with Gasteiger partial charge in [-0.15, -0.1) is 0 Å². The quantitative estimate of drug-likeness (QED) is 0.00875. The normalized spacial score (nSPS) is 16.3. The maximum Gasteiger partial charge on any atom is 0.332 e. The average Bonchev–Trinajstić information content (AvgIpc) is 1.17. The molecule has 1 saturated carbocycles. The number of amides is 12. The van der Waals surface area contributed by atoms with Crippen LogP contribution in [0, 0.1) is 17.8 Å². The van der Waals surface area contributed by atoms with E-state index in [0.717, 1.165) is 117 Å². The number of rotatable bonds is 39. The van der Waals surface area contributed by atoms with Crippen molar-refractivity contribution in [1.82, 2.24) is 71.4 Å². The van der Waals surface area contributed by atoms with E-state index in [4.69, 9.17) is 29.9 Å². The molecule has 0 unspecified atom stereocenters. The predicted molar refractivity (Wildman–Crippen MR) is 486 cm³/mol. The number of fused-ring (bicyclic) bond motifs is 2. The van der Waals surface area contributed by atoms with E-state index in [9.17, 15) is 67.4 Å². The number of benzene rings is 6. The lowest BCUT2D eigenvalue weighted by Crippen LogP contribution is -2.56. The number of urea groups is 1. The van der Waals surface area contributed by atoms with Crippen molar-refractivity contribution in [2.45, 2.75) is 117 Å². The van der Waals surface area contributed by atoms with Crippen LogP contribution in [0.5, 0.6) is 5.75 Å². The van der Waals surface area contributed by atoms with Crippen molar-refractivity contribution < 1.29 is 76.9 Å². The van der Waals surface area contributed by atoms with Crippen molar-refractivity contribution in [1.29, 1.82) is 0 Å². The molecule has 9 aromatic rings. The van der Waals surface area contributed by atoms with Crippen LogP contribution in [-0.4, -0.2) is 227 Å². The Balaban J connectivity index is 0.599. The molecule has 5 aliphatic rings. The highest BCUT2D eigenvalue weighted by molar-refractivity contribution is 8.08. The summed E-state index contributed by atoms with van der Waals surface area (Å²) in [7, 11) is 3.16. The summed E-state index contributed by atoms with van der Waals surface area (Å²) in [4.78, 5) is 196. The number of pyridine rings is 1. The summed E-state index contributed by atoms with van der Waals surface area (Å²) >= 11 is 2.32. The minimum atomic E-state index is -1.43. The molecule has 676 valence electrons. The molecule has 4 fully saturated rings. The molecule has 11 N–H and O–H groups in total. The lowest BCUT2D eigenvalue weighted by Gasteiger charge is -2.45. The monoisotopic (exact) mass is 1800 g/mol. The molecule has 3 atom stereocenters. The smallest absolute Gasteiger partial charge is 0.332 e. The van der Waals surface area contributed by atoms with Crippen molar-refractivity contribution in [3.8, 4) is 28.7 Å². The molecule has 130 heavy (non-hydrogen) atoms. The Kier molecular flexibility index (Phi) is 30.3. The Labute approximate surface area is 757 Å². The Bertz CT molecular complexity index is 5840. The number of carboxylic acids is 1. The highest BCUT2D eigenvalue weighted by Gasteiger charge is 2.46. The number of H-pyrrole nitrogens is 1. The Morgan fingerprint density at radius 3 is 1.99 bits per heavy atom. The fourth-order valence-corrected chi connectivity index (χ4v) is 18.2. The minimum absolute atomic E-state index is 0.00791. The number of thioether (sulfide) groups is 2. The van der Waals surface area contributed by atoms with E-state index in [1.807, 2.05) is 121 Å². The van der Waals surface area contributed by atoms with E-state index in [1.54, 1.807) is 66.3 Å². The number of nitrogens with one attached hydrogen (secondary N) is 8. The molecule has 3 saturated heterocycles. The Morgan fingerprint density at radius 1 is 0.685 bits per heavy atom. The van der Waals surface area contributed by atoms with Gasteiger partial charge in [-0.3, -0.25) is 67.3 Å². The van der Waals surface area contributed by atoms with Crippen LogP contribution in [0.15, 0.2) is 201 Å². The number of aliphatic carboxylic acids is 1. The van der Waals surface area contributed by atoms with Crippen LogP contribution in [0.3, 0.4) is 0 Å². The third-order valence-electron chi connectivity index (χ3n) is 23.3. The zero-order valence-electron chi connectivity index (χ0n) is 72.0. The fraction of sp³-hybridized carbons (Fsp3) is 0.351. The predicted octanol–water partition coefficient (Wildman–Crippen LogP) is 6.29. The van der Waals surface area contributed by atoms with Crippen molar-refractivity contribution >= 4 is 128 Å². The molecule has 1 aliphatic carbocycles. The molecule has 7 heterocycles. The van der Waals surface area contributed by atoms with Crippen LogP contribution >= 0.6 is 23.5 Å². The van der Waals surface area contributed by atoms with E-state index in [0.29, 0.717) is 70.3 Å². The van der Waals surface area contributed by atoms with Gasteiger partial charge in [0.15, 0.2) is 5.60 Å². The van der Waals surface area contributed by atoms with Gasteiger partial charge in [0.05, 0.1) is 85.0 Å². The van der Waals surface area contributed by atoms with Crippen LogP contribution in [0.2, 0.25) is 0 Å². The number of hydrogen-bond acceptors (Lipinski definition) is 23. The molecule has 0 radical (unpaired) electrons. The first-order valence-corrected chi connectivity index (χ1v) is 44.5. The summed E-state index contributed by atoms with van der Waals surface area (Å²) in [5.74, 6) is -2.19. The van der Waals surface area contributed by atoms with E-state index in [-0.39, 0.29) is 78.7 Å². The van der Waals surface area contributed by atoms with E-state index < -0.39 is 128 Å². The number of hydrogen-bond donors (Lipinski definition) is 10. The second kappa shape index (κ2) is 42.6. The molecular formula is C94H101N17O17S2. The number of aryl methyl sites for hydroxylation is 1. The highest BCUT2D eigenvalue weighted by atomic mass is 32.2. The molecule has 12 amide bonds. The first-order chi connectivity index (χ1) is 62.8. The van der Waals surface area contributed by atoms with Crippen LogP contribution in [0.25, 0.3) is 32.9 Å². The molecule has 6 aromatic carbocycles. The largest absolute Gasteiger partial charge is 0.495 e. The third-order valence-corrected chi connectivity index (χ3v) is 25.6. The van der Waals surface area contributed by atoms with E-state index in [1.165, 1.54) is 12.0 Å². The van der Waals surface area contributed by atoms with Crippen molar-refractivity contribution in [3.05, 3.63) is 219 Å². The first-order valence-electron chi connectivity index (χ1n) is 42.9. The van der Waals surface area contributed by atoms with Gasteiger partial charge in [0.25, 0.3) is 17.4 Å². The van der Waals surface area contributed by atoms with Gasteiger partial charge in [-0.1, -0.05) is 138 Å². The Morgan fingerprint density at radius 2 is 1.33 bits per heavy atom. The number of aromatic amines is 1. The minimum Gasteiger partial charge on any atom is -0.495 e. The lowest BCUT2D eigenvalue weighted by atomic mass is 9.87. The molecule has 0 bridgehead atoms. The number of primary amides is 1. The fourth-order valence-electron chi connectivity index (χ4n) is 16.1. The van der Waals surface area contributed by atoms with Gasteiger partial charge in [-0.05, 0) is 123 Å². The molecule has 36 heteroatoms. The number of imide groups is 2. The highest BCUT2D eigenvalue weighted by Crippen LogP contribution is 2.46. The molecular weight excluding hydrogens is 1700 g/mol. The number of nitrogens with two attached hydrogens (primary N) is 1. The van der Waals surface area contributed by atoms with Crippen molar-refractivity contribution in [3.63, 3.8) is 0 Å². The summed E-state index contributed by atoms with van der Waals surface area (Å²) in [5, 5.41) is 29.8. The van der Waals surface area contributed by atoms with Crippen LogP contribution in [-0.2, 0) is 81.3 Å². The molecule has 3 aromatic heterocycles. The maximum absolute atomic E-state index is 14.1. The molecule has 0 spiro atoms. The van der Waals surface area contributed by atoms with Gasteiger partial charge in [0.1, 0.15) is 30.7 Å². The van der Waals surface area contributed by atoms with Gasteiger partial charge < -0.3 is 81.6 Å². The summed E-state index contributed by atoms with van der Waals surface area (Å²) in [5.41, 5.74) is 8.89. The number of likely N-dealkylation sites (tertiary alicyclic amines) is 1. The standard InChI is InChI=1S/C94H101N17O17S2/c1-93(102-39-16-19-60-26-31-74(126-3)73(48-60)109-44-36-80(117)111(92(109)125)57-100-86(120)62(50-75(95)112)51-81(118)119)37-45-107(46-38-93)64-33-41-108(42-34-64)91-104-71-30-27-61(70-55-106(2)88(122)82-68(70)32-40-96-82)49-69(71)85(105-91)94(128-65-28-29-65,63-20-10-5-11-21-63)56-127-58-101-78(115)53-99-87(121)72(47-59-17-8-4-9-18-59)103-79(116)54-98-77(114)52-97-76(113)35-43-110-89(123)83(129-66-22-12-6-13-23-66)84(90(110)124)130-67-24-14-7-15-25-67/h4-15,17-18,20-27,30-32,40,48-49,55,62,64-65,72,96,102H,28-29,33-39,41-47,50-54,56-58H2,1-3H3,(H2,95,112)(H,97,113)(H,98,114)(H,99,121)(H,100,120)(H,101,115)(H,103,116)(H,118,119)/t62-,72-,94-/m0/s1. The zero-order chi connectivity index (χ0) is 91.6. The average molecular weight is 1810 g/mol. The van der Waals surface area contributed by atoms with Crippen LogP contribution < -0.4 is 63.0 Å². The van der Waals surface area contributed by atoms with Gasteiger partial charge in [-0.2, -0.15) is 0 Å². The molecule has 4 aliphatic heterocycles. The summed E-state index contributed by atoms with van der Waals surface area (Å²) in [6.45, 7) is 2.52. The van der Waals surface area contributed by atoms with E-state index in [2.05, 4.69) is 70.8 Å². The second-order valence-electron chi connectivity index (χ2n) is 32.5. The van der Waals surface area contributed by atoms with E-state index >= 15 is 0 Å². The number of methoxy groups -OCH3 is 1. The maximum atomic E-state index is 14.1. The summed E-state index contributed by atoms with van der Waals surface area (Å²) in [6, 6.07) is 48.1. The topological polar surface area (TPSA) is 443 Å². The number of ether oxygens (including phenoxy) is 3.